The van der Waals surface area contributed by atoms with Gasteiger partial charge < -0.3 is 5.32 Å². The van der Waals surface area contributed by atoms with Gasteiger partial charge in [-0.15, -0.1) is 0 Å². The first-order valence-electron chi connectivity index (χ1n) is 8.70. The topological polar surface area (TPSA) is 92.6 Å². The number of hydrogen-bond acceptors (Lipinski definition) is 6. The molecule has 0 radical (unpaired) electrons. The zero-order valence-corrected chi connectivity index (χ0v) is 17.1. The van der Waals surface area contributed by atoms with Gasteiger partial charge in [0.2, 0.25) is 5.91 Å². The van der Waals surface area contributed by atoms with E-state index < -0.39 is 4.92 Å². The second kappa shape index (κ2) is 8.97. The van der Waals surface area contributed by atoms with E-state index >= 15 is 0 Å². The summed E-state index contributed by atoms with van der Waals surface area (Å²) in [4.78, 5) is 37.0. The molecule has 2 amide bonds. The molecular weight excluding hydrogens is 410 g/mol. The van der Waals surface area contributed by atoms with Crippen LogP contribution in [0.1, 0.15) is 17.5 Å². The molecule has 9 heteroatoms. The van der Waals surface area contributed by atoms with Crippen molar-refractivity contribution < 1.29 is 14.5 Å². The minimum absolute atomic E-state index is 0.0536. The molecule has 2 aromatic rings. The van der Waals surface area contributed by atoms with E-state index in [4.69, 9.17) is 12.2 Å². The number of anilines is 1. The summed E-state index contributed by atoms with van der Waals surface area (Å²) in [5.74, 6) is -0.522. The summed E-state index contributed by atoms with van der Waals surface area (Å²) < 4.78 is 0.357. The lowest BCUT2D eigenvalue weighted by Crippen LogP contribution is -2.31. The highest BCUT2D eigenvalue weighted by atomic mass is 32.2. The number of para-hydroxylation sites is 1. The van der Waals surface area contributed by atoms with Gasteiger partial charge in [0.15, 0.2) is 0 Å². The number of benzene rings is 2. The smallest absolute Gasteiger partial charge is 0.270 e. The fourth-order valence-electron chi connectivity index (χ4n) is 2.71. The van der Waals surface area contributed by atoms with Gasteiger partial charge in [-0.25, -0.2) is 0 Å². The quantitative estimate of drug-likeness (QED) is 0.322. The molecule has 148 valence electrons. The number of nitro benzene ring substituents is 1. The molecule has 1 N–H and O–H groups in total. The van der Waals surface area contributed by atoms with E-state index in [1.54, 1.807) is 18.2 Å². The summed E-state index contributed by atoms with van der Waals surface area (Å²) in [7, 11) is 0. The Kier molecular flexibility index (Phi) is 6.40. The highest BCUT2D eigenvalue weighted by Gasteiger charge is 2.32. The largest absolute Gasteiger partial charge is 0.326 e. The van der Waals surface area contributed by atoms with Gasteiger partial charge in [-0.3, -0.25) is 24.6 Å². The molecule has 0 saturated carbocycles. The normalized spacial score (nSPS) is 15.1. The Morgan fingerprint density at radius 2 is 2.03 bits per heavy atom. The first-order chi connectivity index (χ1) is 13.8. The Labute approximate surface area is 176 Å². The molecule has 0 atom stereocenters. The van der Waals surface area contributed by atoms with Crippen molar-refractivity contribution >= 4 is 57.6 Å². The number of non-ortho nitro benzene ring substituents is 1. The van der Waals surface area contributed by atoms with Crippen LogP contribution in [0, 0.1) is 17.0 Å². The number of thiocarbonyl (C=S) groups is 1. The van der Waals surface area contributed by atoms with Crippen molar-refractivity contribution in [3.05, 3.63) is 74.7 Å². The maximum absolute atomic E-state index is 12.6. The summed E-state index contributed by atoms with van der Waals surface area (Å²) in [6, 6.07) is 13.4. The molecule has 1 aliphatic rings. The number of amides is 2. The Hall–Kier alpha value is -3.04. The van der Waals surface area contributed by atoms with E-state index in [1.807, 2.05) is 31.2 Å². The van der Waals surface area contributed by atoms with Crippen molar-refractivity contribution in [2.45, 2.75) is 13.3 Å². The first kappa shape index (κ1) is 20.7. The number of nitrogens with zero attached hydrogens (tertiary/aromatic N) is 2. The van der Waals surface area contributed by atoms with Gasteiger partial charge in [0.25, 0.3) is 11.6 Å². The second-order valence-electron chi connectivity index (χ2n) is 6.30. The van der Waals surface area contributed by atoms with E-state index in [0.717, 1.165) is 23.0 Å². The van der Waals surface area contributed by atoms with Crippen LogP contribution in [0.5, 0.6) is 0 Å². The molecule has 0 aromatic heterocycles. The molecule has 0 bridgehead atoms. The number of nitro groups is 1. The average molecular weight is 428 g/mol. The van der Waals surface area contributed by atoms with Crippen LogP contribution in [0.15, 0.2) is 53.4 Å². The Balaban J connectivity index is 1.64. The Morgan fingerprint density at radius 1 is 1.28 bits per heavy atom. The molecular formula is C20H17N3O4S2. The predicted octanol–water partition coefficient (Wildman–Crippen LogP) is 4.13. The van der Waals surface area contributed by atoms with E-state index in [9.17, 15) is 19.7 Å². The van der Waals surface area contributed by atoms with Crippen molar-refractivity contribution in [3.63, 3.8) is 0 Å². The molecule has 3 rings (SSSR count). The van der Waals surface area contributed by atoms with Crippen molar-refractivity contribution in [2.75, 3.05) is 11.9 Å². The summed E-state index contributed by atoms with van der Waals surface area (Å²) in [5, 5.41) is 13.7. The lowest BCUT2D eigenvalue weighted by atomic mass is 10.2. The third kappa shape index (κ3) is 5.07. The lowest BCUT2D eigenvalue weighted by molar-refractivity contribution is -0.384. The van der Waals surface area contributed by atoms with Crippen molar-refractivity contribution in [3.8, 4) is 0 Å². The molecule has 7 nitrogen and oxygen atoms in total. The molecule has 0 aliphatic carbocycles. The van der Waals surface area contributed by atoms with Crippen LogP contribution in [0.2, 0.25) is 0 Å². The molecule has 0 spiro atoms. The maximum Gasteiger partial charge on any atom is 0.270 e. The van der Waals surface area contributed by atoms with E-state index in [0.29, 0.717) is 14.8 Å². The van der Waals surface area contributed by atoms with Gasteiger partial charge in [-0.1, -0.05) is 54.3 Å². The summed E-state index contributed by atoms with van der Waals surface area (Å²) in [6.07, 6.45) is 1.67. The van der Waals surface area contributed by atoms with E-state index in [1.165, 1.54) is 17.0 Å². The fraction of sp³-hybridized carbons (Fsp3) is 0.150. The number of carbonyl (C=O) groups is 2. The molecule has 29 heavy (non-hydrogen) atoms. The molecule has 1 fully saturated rings. The third-order valence-corrected chi connectivity index (χ3v) is 5.61. The molecule has 1 saturated heterocycles. The van der Waals surface area contributed by atoms with Crippen LogP contribution in [0.3, 0.4) is 0 Å². The van der Waals surface area contributed by atoms with Gasteiger partial charge in [-0.05, 0) is 30.2 Å². The standard InChI is InChI=1S/C20H17N3O4S2/c1-13-5-2-3-8-16(13)21-18(24)9-10-22-19(25)17(29-20(22)28)12-14-6-4-7-15(11-14)23(26)27/h2-8,11-12H,9-10H2,1H3,(H,21,24)/b17-12-. The lowest BCUT2D eigenvalue weighted by Gasteiger charge is -2.14. The number of aryl methyl sites for hydroxylation is 1. The van der Waals surface area contributed by atoms with Gasteiger partial charge in [-0.2, -0.15) is 0 Å². The Bertz CT molecular complexity index is 1040. The monoisotopic (exact) mass is 427 g/mol. The summed E-state index contributed by atoms with van der Waals surface area (Å²) in [5.41, 5.74) is 2.17. The predicted molar refractivity (Wildman–Crippen MR) is 117 cm³/mol. The number of rotatable bonds is 6. The number of carbonyl (C=O) groups excluding carboxylic acids is 2. The minimum Gasteiger partial charge on any atom is -0.326 e. The summed E-state index contributed by atoms with van der Waals surface area (Å²) >= 11 is 6.38. The highest BCUT2D eigenvalue weighted by molar-refractivity contribution is 8.26. The van der Waals surface area contributed by atoms with Crippen LogP contribution < -0.4 is 5.32 Å². The minimum atomic E-state index is -0.490. The van der Waals surface area contributed by atoms with Crippen molar-refractivity contribution in [2.24, 2.45) is 0 Å². The maximum atomic E-state index is 12.6. The van der Waals surface area contributed by atoms with E-state index in [2.05, 4.69) is 5.32 Å². The van der Waals surface area contributed by atoms with Crippen LogP contribution >= 0.6 is 24.0 Å². The average Bonchev–Trinajstić information content (AvgIpc) is 2.95. The van der Waals surface area contributed by atoms with Gasteiger partial charge in [0.05, 0.1) is 9.83 Å². The Morgan fingerprint density at radius 3 is 2.76 bits per heavy atom. The van der Waals surface area contributed by atoms with Crippen LogP contribution in [-0.4, -0.2) is 32.5 Å². The van der Waals surface area contributed by atoms with Gasteiger partial charge >= 0.3 is 0 Å². The second-order valence-corrected chi connectivity index (χ2v) is 7.97. The number of nitrogens with one attached hydrogen (secondary N) is 1. The van der Waals surface area contributed by atoms with Gasteiger partial charge in [0, 0.05) is 30.8 Å². The fourth-order valence-corrected chi connectivity index (χ4v) is 4.02. The van der Waals surface area contributed by atoms with Crippen LogP contribution in [0.4, 0.5) is 11.4 Å². The van der Waals surface area contributed by atoms with E-state index in [-0.39, 0.29) is 30.5 Å². The third-order valence-electron chi connectivity index (χ3n) is 4.23. The van der Waals surface area contributed by atoms with Crippen LogP contribution in [-0.2, 0) is 9.59 Å². The van der Waals surface area contributed by atoms with Crippen molar-refractivity contribution in [1.29, 1.82) is 0 Å². The number of hydrogen-bond donors (Lipinski definition) is 1. The molecule has 0 unspecified atom stereocenters. The van der Waals surface area contributed by atoms with Gasteiger partial charge in [0.1, 0.15) is 4.32 Å². The molecule has 1 aliphatic heterocycles. The molecule has 1 heterocycles. The first-order valence-corrected chi connectivity index (χ1v) is 9.93. The zero-order chi connectivity index (χ0) is 21.0. The van der Waals surface area contributed by atoms with Crippen LogP contribution in [0.25, 0.3) is 6.08 Å². The number of thioether (sulfide) groups is 1. The zero-order valence-electron chi connectivity index (χ0n) is 15.5. The highest BCUT2D eigenvalue weighted by Crippen LogP contribution is 2.33. The van der Waals surface area contributed by atoms with Crippen molar-refractivity contribution in [1.82, 2.24) is 4.90 Å². The SMILES string of the molecule is Cc1ccccc1NC(=O)CCN1C(=O)/C(=C/c2cccc([N+](=O)[O-])c2)SC1=S. The summed E-state index contributed by atoms with van der Waals surface area (Å²) in [6.45, 7) is 2.06. The molecule has 2 aromatic carbocycles.